The molecule has 5 aromatic carbocycles. The van der Waals surface area contributed by atoms with Gasteiger partial charge in [0.15, 0.2) is 0 Å². The molecule has 555 valence electrons. The second-order valence-corrected chi connectivity index (χ2v) is 34.0. The number of benzene rings is 5. The van der Waals surface area contributed by atoms with Crippen molar-refractivity contribution in [2.24, 2.45) is 23.5 Å². The molecule has 5 N–H and O–H groups in total. The summed E-state index contributed by atoms with van der Waals surface area (Å²) in [5.41, 5.74) is 14.8. The van der Waals surface area contributed by atoms with E-state index in [1.165, 1.54) is 201 Å². The molecule has 14 aliphatic rings. The standard InChI is InChI=1S/2C15H21N.C15H19N.C14H20N2.C14H17NO.C8H15N.C7H11NO.C2H4O2.B/c3*1-12-9-14-7-8-15(10-12)16(14)11-13-5-3-2-4-6-13;15-12-8-13-6-7-14(9-12)16(13)10-11-4-2-1-3-5-11;16-14-8-12-6-7-13(9-14)15(12)10-11-4-2-1-3-5-11;1-6-4-7-2-3-8(5-6)9-7;9-7-3-5-1-2-6(4-7)8-5;1-2(3)4;/h2*2-6,12,14-15H,7-11H2,1H3;2-6,14-15H,1,7-11H2;1-5,12-14H,6-10,15H2;1-5,12-13H,6-10H2;6-9H,2-5H2,1H3;5-6,8H,1-4H2;1H3,(H,3,4);. The van der Waals surface area contributed by atoms with E-state index in [1.807, 2.05) is 0 Å². The molecule has 0 spiro atoms. The molecule has 14 unspecified atom stereocenters. The van der Waals surface area contributed by atoms with Gasteiger partial charge in [-0.25, -0.2) is 0 Å². The molecule has 0 aliphatic carbocycles. The van der Waals surface area contributed by atoms with Crippen molar-refractivity contribution in [3.05, 3.63) is 192 Å². The van der Waals surface area contributed by atoms with Crippen molar-refractivity contribution in [2.75, 3.05) is 0 Å². The van der Waals surface area contributed by atoms with Gasteiger partial charge in [0, 0.05) is 164 Å². The first-order valence-corrected chi connectivity index (χ1v) is 40.7. The van der Waals surface area contributed by atoms with Gasteiger partial charge in [-0.15, -0.1) is 0 Å². The Kier molecular flexibility index (Phi) is 29.5. The zero-order valence-corrected chi connectivity index (χ0v) is 63.4. The summed E-state index contributed by atoms with van der Waals surface area (Å²) in [6, 6.07) is 65.0. The lowest BCUT2D eigenvalue weighted by Crippen LogP contribution is -2.46. The van der Waals surface area contributed by atoms with Gasteiger partial charge in [0.1, 0.15) is 11.6 Å². The summed E-state index contributed by atoms with van der Waals surface area (Å²) in [5, 5.41) is 14.4. The topological polar surface area (TPSA) is 138 Å². The van der Waals surface area contributed by atoms with Crippen LogP contribution in [0.15, 0.2) is 164 Å². The summed E-state index contributed by atoms with van der Waals surface area (Å²) >= 11 is 0. The number of ketones is 2. The summed E-state index contributed by atoms with van der Waals surface area (Å²) in [6.07, 6.45) is 35.4. The summed E-state index contributed by atoms with van der Waals surface area (Å²) < 4.78 is 0. The minimum absolute atomic E-state index is 0. The van der Waals surface area contributed by atoms with Gasteiger partial charge < -0.3 is 21.5 Å². The van der Waals surface area contributed by atoms with Crippen molar-refractivity contribution in [1.82, 2.24) is 35.1 Å². The highest BCUT2D eigenvalue weighted by molar-refractivity contribution is 5.81. The van der Waals surface area contributed by atoms with Crippen LogP contribution in [0.1, 0.15) is 235 Å². The number of hydrogen-bond donors (Lipinski definition) is 4. The Labute approximate surface area is 623 Å². The van der Waals surface area contributed by atoms with E-state index >= 15 is 0 Å². The maximum atomic E-state index is 11.5. The number of aliphatic carboxylic acids is 1. The van der Waals surface area contributed by atoms with Crippen LogP contribution in [0.4, 0.5) is 0 Å². The molecule has 0 saturated carbocycles. The molecule has 19 rings (SSSR count). The van der Waals surface area contributed by atoms with Crippen molar-refractivity contribution >= 4 is 25.9 Å². The monoisotopic (exact) mass is 1400 g/mol. The molecule has 103 heavy (non-hydrogen) atoms. The molecular weight excluding hydrogens is 1270 g/mol. The number of fused-ring (bicyclic) bond motifs is 14. The molecule has 14 heterocycles. The Balaban J connectivity index is 0.000000120. The Morgan fingerprint density at radius 2 is 0.583 bits per heavy atom. The quantitative estimate of drug-likeness (QED) is 0.0782. The molecule has 14 atom stereocenters. The predicted molar refractivity (Wildman–Crippen MR) is 422 cm³/mol. The van der Waals surface area contributed by atoms with Crippen LogP contribution in [-0.4, -0.2) is 146 Å². The van der Waals surface area contributed by atoms with E-state index in [0.29, 0.717) is 41.8 Å². The number of carboxylic acid groups (broad SMARTS) is 1. The molecule has 13 heteroatoms. The molecule has 3 radical (unpaired) electrons. The highest BCUT2D eigenvalue weighted by Crippen LogP contribution is 2.43. The highest BCUT2D eigenvalue weighted by atomic mass is 16.4. The first-order chi connectivity index (χ1) is 49.6. The van der Waals surface area contributed by atoms with Crippen LogP contribution in [0.5, 0.6) is 0 Å². The number of carboxylic acids is 1. The van der Waals surface area contributed by atoms with Crippen LogP contribution in [0.3, 0.4) is 0 Å². The van der Waals surface area contributed by atoms with Gasteiger partial charge in [-0.2, -0.15) is 0 Å². The zero-order chi connectivity index (χ0) is 70.9. The second kappa shape index (κ2) is 38.8. The number of nitrogens with one attached hydrogen (secondary N) is 2. The van der Waals surface area contributed by atoms with E-state index < -0.39 is 5.97 Å². The van der Waals surface area contributed by atoms with Gasteiger partial charge in [0.05, 0.1) is 0 Å². The van der Waals surface area contributed by atoms with E-state index in [0.717, 1.165) is 130 Å². The third-order valence-electron chi connectivity index (χ3n) is 25.7. The van der Waals surface area contributed by atoms with Crippen LogP contribution in [-0.2, 0) is 47.1 Å². The SMILES string of the molecule is C=C1CC2CCC(C1)N2Cc1ccccc1.CC(=O)O.CC1CC2CCC(C1)N2.CC1CC2CCC(C1)N2Cc1ccccc1.CC1CC2CCC(C1)N2Cc1ccccc1.NC1CC2CCC(C1)N2Cc1ccccc1.O=C1CC2CCC(C1)N2.O=C1CC2CCC(C1)N2Cc1ccccc1.[B]. The molecular formula is C90H128BN8O4. The average molecular weight is 1400 g/mol. The fourth-order valence-corrected chi connectivity index (χ4v) is 21.1. The maximum absolute atomic E-state index is 11.5. The van der Waals surface area contributed by atoms with Crippen molar-refractivity contribution in [3.63, 3.8) is 0 Å². The lowest BCUT2D eigenvalue weighted by atomic mass is 9.92. The van der Waals surface area contributed by atoms with E-state index in [4.69, 9.17) is 15.6 Å². The Morgan fingerprint density at radius 3 is 0.883 bits per heavy atom. The van der Waals surface area contributed by atoms with Crippen molar-refractivity contribution < 1.29 is 19.5 Å². The molecule has 5 aromatic rings. The number of Topliss-reactive ketones (excluding diaryl/α,β-unsaturated/α-hetero) is 2. The molecule has 14 aliphatic heterocycles. The number of piperidine rings is 7. The van der Waals surface area contributed by atoms with Gasteiger partial charge in [-0.1, -0.05) is 185 Å². The second-order valence-electron chi connectivity index (χ2n) is 34.0. The number of carbonyl (C=O) groups excluding carboxylic acids is 2. The van der Waals surface area contributed by atoms with Crippen molar-refractivity contribution in [2.45, 2.75) is 331 Å². The predicted octanol–water partition coefficient (Wildman–Crippen LogP) is 16.5. The molecule has 0 aromatic heterocycles. The van der Waals surface area contributed by atoms with Crippen LogP contribution in [0.25, 0.3) is 0 Å². The van der Waals surface area contributed by atoms with E-state index in [9.17, 15) is 9.59 Å². The normalized spacial score (nSPS) is 33.3. The smallest absolute Gasteiger partial charge is 0.300 e. The van der Waals surface area contributed by atoms with Gasteiger partial charge in [0.2, 0.25) is 0 Å². The zero-order valence-electron chi connectivity index (χ0n) is 63.4. The van der Waals surface area contributed by atoms with E-state index in [-0.39, 0.29) is 8.41 Å². The Morgan fingerprint density at radius 1 is 0.359 bits per heavy atom. The number of hydrogen-bond acceptors (Lipinski definition) is 11. The fraction of sp³-hybridized carbons (Fsp3) is 0.611. The summed E-state index contributed by atoms with van der Waals surface area (Å²) in [6.45, 7) is 18.1. The summed E-state index contributed by atoms with van der Waals surface area (Å²) in [4.78, 5) is 44.8. The van der Waals surface area contributed by atoms with Crippen molar-refractivity contribution in [3.8, 4) is 0 Å². The first-order valence-electron chi connectivity index (χ1n) is 40.7. The maximum Gasteiger partial charge on any atom is 0.300 e. The highest BCUT2D eigenvalue weighted by Gasteiger charge is 2.44. The van der Waals surface area contributed by atoms with E-state index in [2.05, 4.69) is 214 Å². The fourth-order valence-electron chi connectivity index (χ4n) is 21.1. The minimum Gasteiger partial charge on any atom is -0.481 e. The van der Waals surface area contributed by atoms with Gasteiger partial charge in [0.25, 0.3) is 5.97 Å². The van der Waals surface area contributed by atoms with E-state index in [1.54, 1.807) is 0 Å². The lowest BCUT2D eigenvalue weighted by Gasteiger charge is -2.37. The average Bonchev–Trinajstić information content (AvgIpc) is 1.71. The van der Waals surface area contributed by atoms with Crippen LogP contribution in [0.2, 0.25) is 0 Å². The third-order valence-corrected chi connectivity index (χ3v) is 25.7. The molecule has 14 saturated heterocycles. The summed E-state index contributed by atoms with van der Waals surface area (Å²) in [5.74, 6) is 2.98. The molecule has 14 fully saturated rings. The largest absolute Gasteiger partial charge is 0.481 e. The van der Waals surface area contributed by atoms with Gasteiger partial charge in [-0.05, 0) is 200 Å². The lowest BCUT2D eigenvalue weighted by molar-refractivity contribution is -0.134. The van der Waals surface area contributed by atoms with Crippen LogP contribution in [0, 0.1) is 17.8 Å². The minimum atomic E-state index is -0.833. The van der Waals surface area contributed by atoms with Crippen molar-refractivity contribution in [1.29, 1.82) is 0 Å². The van der Waals surface area contributed by atoms with Gasteiger partial charge >= 0.3 is 0 Å². The summed E-state index contributed by atoms with van der Waals surface area (Å²) in [7, 11) is 0. The van der Waals surface area contributed by atoms with Gasteiger partial charge in [-0.3, -0.25) is 38.9 Å². The third kappa shape index (κ3) is 23.0. The Hall–Kier alpha value is -5.61. The molecule has 12 nitrogen and oxygen atoms in total. The first kappa shape index (κ1) is 78.5. The molecule has 14 bridgehead atoms. The number of nitrogens with zero attached hydrogens (tertiary/aromatic N) is 5. The number of nitrogens with two attached hydrogens (primary N) is 1. The molecule has 0 amide bonds. The Bertz CT molecular complexity index is 3020. The number of rotatable bonds is 10. The van der Waals surface area contributed by atoms with Crippen LogP contribution < -0.4 is 16.4 Å². The van der Waals surface area contributed by atoms with Crippen LogP contribution >= 0.6 is 0 Å². The number of carbonyl (C=O) groups is 3.